The minimum atomic E-state index is -0.732. The molecular formula is C14H21N3O2S. The van der Waals surface area contributed by atoms with Crippen LogP contribution in [0.4, 0.5) is 0 Å². The van der Waals surface area contributed by atoms with Crippen molar-refractivity contribution in [2.24, 2.45) is 5.92 Å². The maximum Gasteiger partial charge on any atom is 0.200 e. The molecule has 0 aliphatic heterocycles. The van der Waals surface area contributed by atoms with E-state index in [4.69, 9.17) is 4.42 Å². The van der Waals surface area contributed by atoms with Gasteiger partial charge in [-0.15, -0.1) is 10.2 Å². The zero-order valence-corrected chi connectivity index (χ0v) is 13.1. The smallest absolute Gasteiger partial charge is 0.200 e. The Morgan fingerprint density at radius 1 is 1.40 bits per heavy atom. The molecule has 2 aromatic heterocycles. The van der Waals surface area contributed by atoms with E-state index >= 15 is 0 Å². The zero-order chi connectivity index (χ0) is 14.8. The summed E-state index contributed by atoms with van der Waals surface area (Å²) in [5.41, 5.74) is -0.732. The van der Waals surface area contributed by atoms with E-state index in [1.807, 2.05) is 12.1 Å². The lowest BCUT2D eigenvalue weighted by Crippen LogP contribution is -2.22. The molecule has 2 rings (SSSR count). The molecule has 0 atom stereocenters. The van der Waals surface area contributed by atoms with E-state index in [1.165, 1.54) is 11.8 Å². The van der Waals surface area contributed by atoms with Crippen LogP contribution in [0.15, 0.2) is 28.0 Å². The summed E-state index contributed by atoms with van der Waals surface area (Å²) < 4.78 is 7.47. The van der Waals surface area contributed by atoms with Gasteiger partial charge < -0.3 is 9.52 Å². The van der Waals surface area contributed by atoms with Crippen LogP contribution in [0.25, 0.3) is 11.6 Å². The average molecular weight is 295 g/mol. The van der Waals surface area contributed by atoms with Crippen LogP contribution < -0.4 is 0 Å². The summed E-state index contributed by atoms with van der Waals surface area (Å²) in [6.07, 6.45) is 1.63. The molecule has 0 aliphatic carbocycles. The molecule has 6 heteroatoms. The summed E-state index contributed by atoms with van der Waals surface area (Å²) in [6.45, 7) is 8.69. The van der Waals surface area contributed by atoms with Gasteiger partial charge in [-0.2, -0.15) is 0 Å². The molecule has 110 valence electrons. The first kappa shape index (κ1) is 15.1. The molecule has 0 aromatic carbocycles. The molecule has 1 N–H and O–H groups in total. The molecule has 2 aromatic rings. The first-order valence-corrected chi connectivity index (χ1v) is 7.67. The molecule has 0 bridgehead atoms. The fourth-order valence-electron chi connectivity index (χ4n) is 1.75. The van der Waals surface area contributed by atoms with E-state index < -0.39 is 5.60 Å². The number of furan rings is 1. The maximum absolute atomic E-state index is 9.85. The normalized spacial score (nSPS) is 12.3. The van der Waals surface area contributed by atoms with Gasteiger partial charge in [0, 0.05) is 12.3 Å². The van der Waals surface area contributed by atoms with E-state index in [-0.39, 0.29) is 0 Å². The quantitative estimate of drug-likeness (QED) is 0.830. The van der Waals surface area contributed by atoms with Gasteiger partial charge in [-0.3, -0.25) is 4.57 Å². The van der Waals surface area contributed by atoms with Gasteiger partial charge >= 0.3 is 0 Å². The van der Waals surface area contributed by atoms with Crippen molar-refractivity contribution in [2.45, 2.75) is 45.0 Å². The number of nitrogens with zero attached hydrogens (tertiary/aromatic N) is 3. The second kappa shape index (κ2) is 6.01. The van der Waals surface area contributed by atoms with Crippen LogP contribution in [0.2, 0.25) is 0 Å². The van der Waals surface area contributed by atoms with Crippen LogP contribution in [0.1, 0.15) is 27.7 Å². The third-order valence-electron chi connectivity index (χ3n) is 2.56. The van der Waals surface area contributed by atoms with Crippen LogP contribution in [0.3, 0.4) is 0 Å². The first-order chi connectivity index (χ1) is 9.37. The lowest BCUT2D eigenvalue weighted by molar-refractivity contribution is 0.107. The molecule has 0 saturated heterocycles. The van der Waals surface area contributed by atoms with E-state index in [2.05, 4.69) is 28.6 Å². The standard InChI is InChI=1S/C14H21N3O2S/c1-10(2)8-17-12(11-6-5-7-19-11)15-16-13(17)20-9-14(3,4)18/h5-7,10,18H,8-9H2,1-4H3. The molecule has 2 heterocycles. The van der Waals surface area contributed by atoms with E-state index in [0.717, 1.165) is 17.5 Å². The van der Waals surface area contributed by atoms with Crippen molar-refractivity contribution in [1.82, 2.24) is 14.8 Å². The van der Waals surface area contributed by atoms with Gasteiger partial charge in [0.15, 0.2) is 16.7 Å². The predicted molar refractivity (Wildman–Crippen MR) is 79.6 cm³/mol. The highest BCUT2D eigenvalue weighted by Crippen LogP contribution is 2.27. The van der Waals surface area contributed by atoms with E-state index in [0.29, 0.717) is 17.4 Å². The summed E-state index contributed by atoms with van der Waals surface area (Å²) in [6, 6.07) is 3.72. The van der Waals surface area contributed by atoms with Gasteiger partial charge in [0.2, 0.25) is 0 Å². The highest BCUT2D eigenvalue weighted by atomic mass is 32.2. The van der Waals surface area contributed by atoms with Crippen LogP contribution >= 0.6 is 11.8 Å². The highest BCUT2D eigenvalue weighted by Gasteiger charge is 2.20. The fraction of sp³-hybridized carbons (Fsp3) is 0.571. The minimum Gasteiger partial charge on any atom is -0.461 e. The van der Waals surface area contributed by atoms with Crippen LogP contribution in [-0.2, 0) is 6.54 Å². The number of thioether (sulfide) groups is 1. The zero-order valence-electron chi connectivity index (χ0n) is 12.3. The van der Waals surface area contributed by atoms with Gasteiger partial charge in [0.1, 0.15) is 0 Å². The van der Waals surface area contributed by atoms with Gasteiger partial charge in [0.25, 0.3) is 0 Å². The summed E-state index contributed by atoms with van der Waals surface area (Å²) >= 11 is 1.51. The number of hydrogen-bond acceptors (Lipinski definition) is 5. The average Bonchev–Trinajstić information content (AvgIpc) is 2.93. The van der Waals surface area contributed by atoms with Crippen molar-refractivity contribution in [3.05, 3.63) is 18.4 Å². The van der Waals surface area contributed by atoms with Crippen molar-refractivity contribution < 1.29 is 9.52 Å². The first-order valence-electron chi connectivity index (χ1n) is 6.69. The van der Waals surface area contributed by atoms with Gasteiger partial charge in [-0.25, -0.2) is 0 Å². The Labute approximate surface area is 123 Å². The third-order valence-corrected chi connectivity index (χ3v) is 3.97. The molecule has 0 amide bonds. The summed E-state index contributed by atoms with van der Waals surface area (Å²) in [5, 5.41) is 19.1. The minimum absolute atomic E-state index is 0.473. The van der Waals surface area contributed by atoms with Crippen molar-refractivity contribution in [2.75, 3.05) is 5.75 Å². The molecule has 0 fully saturated rings. The molecular weight excluding hydrogens is 274 g/mol. The molecule has 0 saturated carbocycles. The second-order valence-electron chi connectivity index (χ2n) is 5.89. The highest BCUT2D eigenvalue weighted by molar-refractivity contribution is 7.99. The molecule has 5 nitrogen and oxygen atoms in total. The molecule has 0 spiro atoms. The van der Waals surface area contributed by atoms with Crippen LogP contribution in [0, 0.1) is 5.92 Å². The Morgan fingerprint density at radius 3 is 2.70 bits per heavy atom. The topological polar surface area (TPSA) is 64.1 Å². The number of aromatic nitrogens is 3. The van der Waals surface area contributed by atoms with Gasteiger partial charge in [-0.05, 0) is 31.9 Å². The second-order valence-corrected chi connectivity index (χ2v) is 6.83. The van der Waals surface area contributed by atoms with Crippen LogP contribution in [0.5, 0.6) is 0 Å². The molecule has 0 radical (unpaired) electrons. The Bertz CT molecular complexity index is 541. The Balaban J connectivity index is 2.28. The Morgan fingerprint density at radius 2 is 2.15 bits per heavy atom. The van der Waals surface area contributed by atoms with E-state index in [9.17, 15) is 5.11 Å². The van der Waals surface area contributed by atoms with Crippen molar-refractivity contribution >= 4 is 11.8 Å². The maximum atomic E-state index is 9.85. The predicted octanol–water partition coefficient (Wildman–Crippen LogP) is 3.06. The monoisotopic (exact) mass is 295 g/mol. The van der Waals surface area contributed by atoms with Crippen LogP contribution in [-0.4, -0.2) is 31.2 Å². The number of aliphatic hydroxyl groups is 1. The lowest BCUT2D eigenvalue weighted by atomic mass is 10.2. The summed E-state index contributed by atoms with van der Waals surface area (Å²) in [4.78, 5) is 0. The summed E-state index contributed by atoms with van der Waals surface area (Å²) in [7, 11) is 0. The SMILES string of the molecule is CC(C)Cn1c(SCC(C)(C)O)nnc1-c1ccco1. The van der Waals surface area contributed by atoms with Crippen molar-refractivity contribution in [3.8, 4) is 11.6 Å². The van der Waals surface area contributed by atoms with Gasteiger partial charge in [0.05, 0.1) is 11.9 Å². The Kier molecular flexibility index (Phi) is 4.55. The van der Waals surface area contributed by atoms with Crippen molar-refractivity contribution in [1.29, 1.82) is 0 Å². The lowest BCUT2D eigenvalue weighted by Gasteiger charge is -2.17. The van der Waals surface area contributed by atoms with E-state index in [1.54, 1.807) is 20.1 Å². The third kappa shape index (κ3) is 3.86. The number of hydrogen-bond donors (Lipinski definition) is 1. The molecule has 0 aliphatic rings. The van der Waals surface area contributed by atoms with Crippen molar-refractivity contribution in [3.63, 3.8) is 0 Å². The molecule has 0 unspecified atom stereocenters. The largest absolute Gasteiger partial charge is 0.461 e. The Hall–Kier alpha value is -1.27. The van der Waals surface area contributed by atoms with Gasteiger partial charge in [-0.1, -0.05) is 25.6 Å². The summed E-state index contributed by atoms with van der Waals surface area (Å²) in [5.74, 6) is 2.50. The number of rotatable bonds is 6. The molecule has 20 heavy (non-hydrogen) atoms. The fourth-order valence-corrected chi connectivity index (χ4v) is 2.65.